The van der Waals surface area contributed by atoms with Crippen LogP contribution in [0.4, 0.5) is 10.1 Å². The summed E-state index contributed by atoms with van der Waals surface area (Å²) in [4.78, 5) is 24.7. The molecule has 2 N–H and O–H groups in total. The first-order valence-corrected chi connectivity index (χ1v) is 9.99. The van der Waals surface area contributed by atoms with Gasteiger partial charge in [-0.05, 0) is 48.8 Å². The third kappa shape index (κ3) is 7.11. The van der Waals surface area contributed by atoms with Gasteiger partial charge in [0.1, 0.15) is 17.6 Å². The van der Waals surface area contributed by atoms with Crippen molar-refractivity contribution < 1.29 is 18.7 Å². The number of carbonyl (C=O) groups excluding carboxylic acids is 2. The Bertz CT molecular complexity index is 777. The first-order valence-electron chi connectivity index (χ1n) is 8.21. The van der Waals surface area contributed by atoms with Crippen LogP contribution < -0.4 is 15.4 Å². The van der Waals surface area contributed by atoms with Gasteiger partial charge >= 0.3 is 0 Å². The molecule has 2 aromatic carbocycles. The molecule has 0 unspecified atom stereocenters. The van der Waals surface area contributed by atoms with Crippen LogP contribution in [-0.2, 0) is 9.59 Å². The third-order valence-electron chi connectivity index (χ3n) is 3.56. The summed E-state index contributed by atoms with van der Waals surface area (Å²) in [5.41, 5.74) is 0.357. The minimum atomic E-state index is -0.742. The zero-order valence-corrected chi connectivity index (χ0v) is 16.3. The van der Waals surface area contributed by atoms with Crippen molar-refractivity contribution in [2.24, 2.45) is 0 Å². The molecule has 0 fully saturated rings. The Kier molecular flexibility index (Phi) is 8.42. The molecule has 0 saturated heterocycles. The van der Waals surface area contributed by atoms with Crippen molar-refractivity contribution in [1.29, 1.82) is 0 Å². The molecule has 2 amide bonds. The molecule has 0 spiro atoms. The van der Waals surface area contributed by atoms with E-state index in [1.54, 1.807) is 36.0 Å². The standard InChI is InChI=1S/C19H20ClFN2O3S/c1-27-10-9-17(19(25)22-13-7-8-16(21)15(20)11-13)23-18(24)12-26-14-5-3-2-4-6-14/h2-8,11,17H,9-10,12H2,1H3,(H,22,25)(H,23,24)/t17-/m0/s1. The summed E-state index contributed by atoms with van der Waals surface area (Å²) in [6, 6.07) is 12.1. The highest BCUT2D eigenvalue weighted by molar-refractivity contribution is 7.98. The number of para-hydroxylation sites is 1. The Balaban J connectivity index is 1.94. The van der Waals surface area contributed by atoms with Gasteiger partial charge in [-0.2, -0.15) is 11.8 Å². The number of anilines is 1. The molecular formula is C19H20ClFN2O3S. The molecule has 144 valence electrons. The molecule has 2 aromatic rings. The molecule has 0 aliphatic carbocycles. The Morgan fingerprint density at radius 2 is 1.96 bits per heavy atom. The predicted molar refractivity (Wildman–Crippen MR) is 107 cm³/mol. The number of carbonyl (C=O) groups is 2. The molecule has 0 aliphatic rings. The Labute approximate surface area is 166 Å². The number of halogens is 2. The molecule has 0 heterocycles. The summed E-state index contributed by atoms with van der Waals surface area (Å²) in [5, 5.41) is 5.23. The van der Waals surface area contributed by atoms with Crippen LogP contribution in [0.1, 0.15) is 6.42 Å². The maximum Gasteiger partial charge on any atom is 0.258 e. The van der Waals surface area contributed by atoms with Gasteiger partial charge in [0.05, 0.1) is 5.02 Å². The van der Waals surface area contributed by atoms with Crippen LogP contribution in [0, 0.1) is 5.82 Å². The number of benzene rings is 2. The van der Waals surface area contributed by atoms with Gasteiger partial charge in [-0.25, -0.2) is 4.39 Å². The van der Waals surface area contributed by atoms with Crippen molar-refractivity contribution in [3.8, 4) is 5.75 Å². The first-order chi connectivity index (χ1) is 13.0. The zero-order valence-electron chi connectivity index (χ0n) is 14.7. The second-order valence-electron chi connectivity index (χ2n) is 5.62. The van der Waals surface area contributed by atoms with Gasteiger partial charge in [-0.3, -0.25) is 9.59 Å². The topological polar surface area (TPSA) is 67.4 Å². The van der Waals surface area contributed by atoms with E-state index in [0.29, 0.717) is 23.6 Å². The number of nitrogens with one attached hydrogen (secondary N) is 2. The average molecular weight is 411 g/mol. The van der Waals surface area contributed by atoms with Crippen molar-refractivity contribution in [2.45, 2.75) is 12.5 Å². The van der Waals surface area contributed by atoms with Crippen molar-refractivity contribution in [3.05, 3.63) is 59.4 Å². The van der Waals surface area contributed by atoms with Gasteiger partial charge in [0.15, 0.2) is 6.61 Å². The molecule has 0 aromatic heterocycles. The maximum absolute atomic E-state index is 13.2. The quantitative estimate of drug-likeness (QED) is 0.661. The fourth-order valence-corrected chi connectivity index (χ4v) is 2.86. The monoisotopic (exact) mass is 410 g/mol. The van der Waals surface area contributed by atoms with E-state index in [1.165, 1.54) is 18.2 Å². The summed E-state index contributed by atoms with van der Waals surface area (Å²) in [6.45, 7) is -0.199. The molecule has 0 radical (unpaired) electrons. The number of rotatable bonds is 9. The Morgan fingerprint density at radius 3 is 2.63 bits per heavy atom. The summed E-state index contributed by atoms with van der Waals surface area (Å²) in [6.07, 6.45) is 2.36. The lowest BCUT2D eigenvalue weighted by molar-refractivity contribution is -0.127. The smallest absolute Gasteiger partial charge is 0.258 e. The van der Waals surface area contributed by atoms with Gasteiger partial charge in [-0.15, -0.1) is 0 Å². The van der Waals surface area contributed by atoms with Gasteiger partial charge in [0.2, 0.25) is 5.91 Å². The highest BCUT2D eigenvalue weighted by Gasteiger charge is 2.21. The van der Waals surface area contributed by atoms with E-state index in [0.717, 1.165) is 0 Å². The van der Waals surface area contributed by atoms with Crippen molar-refractivity contribution >= 4 is 40.9 Å². The number of hydrogen-bond acceptors (Lipinski definition) is 4. The van der Waals surface area contributed by atoms with Gasteiger partial charge in [0, 0.05) is 5.69 Å². The van der Waals surface area contributed by atoms with E-state index in [2.05, 4.69) is 10.6 Å². The van der Waals surface area contributed by atoms with Gasteiger partial charge < -0.3 is 15.4 Å². The Hall–Kier alpha value is -2.25. The van der Waals surface area contributed by atoms with Crippen molar-refractivity contribution in [1.82, 2.24) is 5.32 Å². The van der Waals surface area contributed by atoms with Crippen LogP contribution in [0.2, 0.25) is 5.02 Å². The van der Waals surface area contributed by atoms with Crippen LogP contribution in [0.5, 0.6) is 5.75 Å². The van der Waals surface area contributed by atoms with E-state index in [1.807, 2.05) is 12.3 Å². The van der Waals surface area contributed by atoms with E-state index in [4.69, 9.17) is 16.3 Å². The highest BCUT2D eigenvalue weighted by atomic mass is 35.5. The molecule has 0 saturated carbocycles. The van der Waals surface area contributed by atoms with Crippen molar-refractivity contribution in [2.75, 3.05) is 23.9 Å². The van der Waals surface area contributed by atoms with Crippen molar-refractivity contribution in [3.63, 3.8) is 0 Å². The third-order valence-corrected chi connectivity index (χ3v) is 4.50. The fraction of sp³-hybridized carbons (Fsp3) is 0.263. The van der Waals surface area contributed by atoms with E-state index >= 15 is 0 Å². The van der Waals surface area contributed by atoms with Gasteiger partial charge in [-0.1, -0.05) is 29.8 Å². The minimum absolute atomic E-state index is 0.0891. The summed E-state index contributed by atoms with van der Waals surface area (Å²) in [5.74, 6) is -0.127. The maximum atomic E-state index is 13.2. The van der Waals surface area contributed by atoms with Crippen LogP contribution in [0.15, 0.2) is 48.5 Å². The second kappa shape index (κ2) is 10.8. The van der Waals surface area contributed by atoms with E-state index in [9.17, 15) is 14.0 Å². The lowest BCUT2D eigenvalue weighted by Gasteiger charge is -2.18. The number of ether oxygens (including phenoxy) is 1. The number of hydrogen-bond donors (Lipinski definition) is 2. The Morgan fingerprint density at radius 1 is 1.22 bits per heavy atom. The second-order valence-corrected chi connectivity index (χ2v) is 7.01. The van der Waals surface area contributed by atoms with Crippen LogP contribution in [0.25, 0.3) is 0 Å². The summed E-state index contributed by atoms with van der Waals surface area (Å²) < 4.78 is 18.6. The summed E-state index contributed by atoms with van der Waals surface area (Å²) >= 11 is 7.29. The largest absolute Gasteiger partial charge is 0.484 e. The lowest BCUT2D eigenvalue weighted by atomic mass is 10.2. The number of thioether (sulfide) groups is 1. The molecule has 1 atom stereocenters. The predicted octanol–water partition coefficient (Wildman–Crippen LogP) is 3.73. The molecule has 5 nitrogen and oxygen atoms in total. The molecule has 27 heavy (non-hydrogen) atoms. The lowest BCUT2D eigenvalue weighted by Crippen LogP contribution is -2.45. The SMILES string of the molecule is CSCC[C@H](NC(=O)COc1ccccc1)C(=O)Nc1ccc(F)c(Cl)c1. The van der Waals surface area contributed by atoms with Gasteiger partial charge in [0.25, 0.3) is 5.91 Å². The highest BCUT2D eigenvalue weighted by Crippen LogP contribution is 2.19. The van der Waals surface area contributed by atoms with Crippen LogP contribution in [0.3, 0.4) is 0 Å². The number of amides is 2. The molecule has 8 heteroatoms. The zero-order chi connectivity index (χ0) is 19.6. The molecule has 2 rings (SSSR count). The molecule has 0 aliphatic heterocycles. The minimum Gasteiger partial charge on any atom is -0.484 e. The van der Waals surface area contributed by atoms with E-state index < -0.39 is 23.7 Å². The van der Waals surface area contributed by atoms with Crippen LogP contribution in [-0.4, -0.2) is 36.5 Å². The fourth-order valence-electron chi connectivity index (χ4n) is 2.21. The summed E-state index contributed by atoms with van der Waals surface area (Å²) in [7, 11) is 0. The average Bonchev–Trinajstić information content (AvgIpc) is 2.67. The first kappa shape index (κ1) is 21.1. The van der Waals surface area contributed by atoms with Crippen LogP contribution >= 0.6 is 23.4 Å². The van der Waals surface area contributed by atoms with E-state index in [-0.39, 0.29) is 11.6 Å². The molecule has 0 bridgehead atoms. The normalized spacial score (nSPS) is 11.5. The molecular weight excluding hydrogens is 391 g/mol.